The Hall–Kier alpha value is -1.05. The molecular weight excluding hydrogens is 414 g/mol. The molecule has 0 aliphatic heterocycles. The van der Waals surface area contributed by atoms with Gasteiger partial charge in [-0.1, -0.05) is 52.8 Å². The summed E-state index contributed by atoms with van der Waals surface area (Å²) >= 11 is 0. The lowest BCUT2D eigenvalue weighted by Crippen LogP contribution is -2.62. The lowest BCUT2D eigenvalue weighted by Gasteiger charge is -2.65. The summed E-state index contributed by atoms with van der Waals surface area (Å²) in [5.41, 5.74) is 2.60. The van der Waals surface area contributed by atoms with Crippen LogP contribution in [-0.4, -0.2) is 11.9 Å². The summed E-state index contributed by atoms with van der Waals surface area (Å²) in [6.07, 6.45) is 17.5. The third kappa shape index (κ3) is 4.24. The van der Waals surface area contributed by atoms with Crippen LogP contribution in [0.3, 0.4) is 0 Å². The second-order valence-electron chi connectivity index (χ2n) is 14.2. The van der Waals surface area contributed by atoms with E-state index in [2.05, 4.69) is 66.4 Å². The molecule has 1 amide bonds. The number of carbonyl (C=O) groups excluding carboxylic acids is 1. The first-order valence-electron chi connectivity index (χ1n) is 14.5. The molecule has 0 aromatic rings. The van der Waals surface area contributed by atoms with E-state index >= 15 is 0 Å². The van der Waals surface area contributed by atoms with Crippen molar-refractivity contribution < 1.29 is 4.79 Å². The van der Waals surface area contributed by atoms with Crippen LogP contribution in [0.25, 0.3) is 0 Å². The number of allylic oxidation sites excluding steroid dienone is 2. The molecule has 0 radical (unpaired) electrons. The number of fused-ring (bicyclic) bond motifs is 5. The molecule has 4 rings (SSSR count). The van der Waals surface area contributed by atoms with Gasteiger partial charge in [-0.3, -0.25) is 4.79 Å². The van der Waals surface area contributed by atoms with Crippen molar-refractivity contribution >= 4 is 5.91 Å². The summed E-state index contributed by atoms with van der Waals surface area (Å²) < 4.78 is 0. The summed E-state index contributed by atoms with van der Waals surface area (Å²) in [6, 6.07) is 0.277. The van der Waals surface area contributed by atoms with Gasteiger partial charge in [0.05, 0.1) is 0 Å². The van der Waals surface area contributed by atoms with Gasteiger partial charge in [0.1, 0.15) is 0 Å². The first-order chi connectivity index (χ1) is 15.9. The molecule has 1 N–H and O–H groups in total. The smallest absolute Gasteiger partial charge is 0.243 e. The molecule has 0 bridgehead atoms. The highest BCUT2D eigenvalue weighted by molar-refractivity contribution is 5.87. The predicted octanol–water partition coefficient (Wildman–Crippen LogP) is 8.33. The van der Waals surface area contributed by atoms with Gasteiger partial charge in [0.15, 0.2) is 0 Å². The van der Waals surface area contributed by atoms with Gasteiger partial charge in [-0.2, -0.15) is 0 Å². The molecule has 0 saturated heterocycles. The molecule has 2 nitrogen and oxygen atoms in total. The van der Waals surface area contributed by atoms with E-state index in [1.54, 1.807) is 0 Å². The Balaban J connectivity index is 1.50. The van der Waals surface area contributed by atoms with Crippen molar-refractivity contribution in [3.63, 3.8) is 0 Å². The van der Waals surface area contributed by atoms with Crippen molar-refractivity contribution in [3.8, 4) is 0 Å². The molecule has 34 heavy (non-hydrogen) atoms. The maximum atomic E-state index is 12.1. The van der Waals surface area contributed by atoms with Gasteiger partial charge >= 0.3 is 0 Å². The highest BCUT2D eigenvalue weighted by atomic mass is 16.1. The molecule has 9 atom stereocenters. The molecule has 0 aromatic carbocycles. The van der Waals surface area contributed by atoms with Gasteiger partial charge in [-0.15, -0.1) is 0 Å². The largest absolute Gasteiger partial charge is 0.349 e. The third-order valence-corrected chi connectivity index (χ3v) is 12.1. The second kappa shape index (κ2) is 9.44. The first kappa shape index (κ1) is 26.0. The van der Waals surface area contributed by atoms with E-state index in [1.807, 2.05) is 0 Å². The number of hydrogen-bond donors (Lipinski definition) is 1. The van der Waals surface area contributed by atoms with Crippen LogP contribution in [0.1, 0.15) is 113 Å². The highest BCUT2D eigenvalue weighted by Gasteiger charge is 2.63. The molecule has 4 aliphatic rings. The Morgan fingerprint density at radius 1 is 0.971 bits per heavy atom. The molecule has 0 spiro atoms. The molecule has 4 saturated carbocycles. The van der Waals surface area contributed by atoms with Crippen LogP contribution in [0.2, 0.25) is 0 Å². The van der Waals surface area contributed by atoms with Gasteiger partial charge < -0.3 is 5.32 Å². The van der Waals surface area contributed by atoms with E-state index in [0.29, 0.717) is 16.7 Å². The van der Waals surface area contributed by atoms with Gasteiger partial charge in [-0.05, 0) is 136 Å². The van der Waals surface area contributed by atoms with Crippen molar-refractivity contribution in [1.82, 2.24) is 5.32 Å². The van der Waals surface area contributed by atoms with Crippen LogP contribution in [0.4, 0.5) is 0 Å². The SMILES string of the molecule is C=CC(=O)N[C@H]1CC[C@]2(C)[C@H]3CC[C@]4(C)C([C@H](C)CCC=C(C)C)CC[C@H]4[C@@H]3CC[C@H]2C1(C)C. The van der Waals surface area contributed by atoms with Crippen molar-refractivity contribution in [2.24, 2.45) is 51.8 Å². The fourth-order valence-electron chi connectivity index (χ4n) is 10.4. The van der Waals surface area contributed by atoms with E-state index in [9.17, 15) is 4.79 Å². The molecule has 4 aliphatic carbocycles. The third-order valence-electron chi connectivity index (χ3n) is 12.1. The Bertz CT molecular complexity index is 806. The van der Waals surface area contributed by atoms with Crippen molar-refractivity contribution in [2.75, 3.05) is 0 Å². The first-order valence-corrected chi connectivity index (χ1v) is 14.5. The minimum atomic E-state index is -0.000461. The summed E-state index contributed by atoms with van der Waals surface area (Å²) in [5, 5.41) is 3.30. The average Bonchev–Trinajstić information content (AvgIpc) is 3.12. The zero-order valence-corrected chi connectivity index (χ0v) is 23.4. The van der Waals surface area contributed by atoms with Gasteiger partial charge in [-0.25, -0.2) is 0 Å². The maximum absolute atomic E-state index is 12.1. The fourth-order valence-corrected chi connectivity index (χ4v) is 10.4. The number of carbonyl (C=O) groups is 1. The van der Waals surface area contributed by atoms with E-state index in [1.165, 1.54) is 69.4 Å². The van der Waals surface area contributed by atoms with E-state index in [-0.39, 0.29) is 17.4 Å². The standard InChI is InChI=1S/C32H53NO/c1-9-29(34)33-28-18-20-32(8)26-17-19-31(7)24(22(4)12-10-11-21(2)3)14-15-25(31)23(26)13-16-27(32)30(28,5)6/h9,11,22-28H,1,10,12-20H2,2-8H3,(H,33,34)/t22-,23+,24?,25+,26+,27+,28+,31-,32-/m1/s1. The molecule has 2 heteroatoms. The van der Waals surface area contributed by atoms with Gasteiger partial charge in [0.25, 0.3) is 0 Å². The van der Waals surface area contributed by atoms with Crippen LogP contribution in [-0.2, 0) is 4.79 Å². The lowest BCUT2D eigenvalue weighted by atomic mass is 9.40. The van der Waals surface area contributed by atoms with Crippen LogP contribution >= 0.6 is 0 Å². The molecular formula is C32H53NO. The Morgan fingerprint density at radius 3 is 2.32 bits per heavy atom. The predicted molar refractivity (Wildman–Crippen MR) is 144 cm³/mol. The Morgan fingerprint density at radius 2 is 1.65 bits per heavy atom. The summed E-state index contributed by atoms with van der Waals surface area (Å²) in [7, 11) is 0. The second-order valence-corrected chi connectivity index (χ2v) is 14.2. The Kier molecular flexibility index (Phi) is 7.22. The van der Waals surface area contributed by atoms with E-state index in [0.717, 1.165) is 36.0 Å². The number of hydrogen-bond acceptors (Lipinski definition) is 1. The molecule has 192 valence electrons. The average molecular weight is 468 g/mol. The van der Waals surface area contributed by atoms with Gasteiger partial charge in [0, 0.05) is 6.04 Å². The zero-order valence-electron chi connectivity index (χ0n) is 23.4. The number of rotatable bonds is 6. The maximum Gasteiger partial charge on any atom is 0.243 e. The van der Waals surface area contributed by atoms with Crippen LogP contribution < -0.4 is 5.32 Å². The highest BCUT2D eigenvalue weighted by Crippen LogP contribution is 2.70. The van der Waals surface area contributed by atoms with E-state index < -0.39 is 0 Å². The number of amides is 1. The van der Waals surface area contributed by atoms with Crippen molar-refractivity contribution in [3.05, 3.63) is 24.3 Å². The molecule has 0 heterocycles. The van der Waals surface area contributed by atoms with Crippen molar-refractivity contribution in [2.45, 2.75) is 119 Å². The van der Waals surface area contributed by atoms with Crippen LogP contribution in [0.15, 0.2) is 24.3 Å². The summed E-state index contributed by atoms with van der Waals surface area (Å²) in [4.78, 5) is 12.1. The fraction of sp³-hybridized carbons (Fsp3) is 0.844. The van der Waals surface area contributed by atoms with Crippen LogP contribution in [0.5, 0.6) is 0 Å². The molecule has 0 aromatic heterocycles. The minimum absolute atomic E-state index is 0.000461. The van der Waals surface area contributed by atoms with Crippen LogP contribution in [0, 0.1) is 51.8 Å². The lowest BCUT2D eigenvalue weighted by molar-refractivity contribution is -0.157. The molecule has 1 unspecified atom stereocenters. The number of nitrogens with one attached hydrogen (secondary N) is 1. The normalized spacial score (nSPS) is 43.6. The van der Waals surface area contributed by atoms with Crippen molar-refractivity contribution in [1.29, 1.82) is 0 Å². The summed E-state index contributed by atoms with van der Waals surface area (Å²) in [5.74, 6) is 5.19. The monoisotopic (exact) mass is 467 g/mol. The van der Waals surface area contributed by atoms with Gasteiger partial charge in [0.2, 0.25) is 5.91 Å². The van der Waals surface area contributed by atoms with E-state index in [4.69, 9.17) is 0 Å². The minimum Gasteiger partial charge on any atom is -0.349 e. The Labute approximate surface area is 210 Å². The quantitative estimate of drug-likeness (QED) is 0.309. The zero-order chi connectivity index (χ0) is 24.9. The molecule has 4 fully saturated rings. The topological polar surface area (TPSA) is 29.1 Å². The summed E-state index contributed by atoms with van der Waals surface area (Å²) in [6.45, 7) is 20.9.